The molecule has 0 aliphatic carbocycles. The molecule has 82 valence electrons. The largest absolute Gasteiger partial charge is 0.466 e. The fraction of sp³-hybridized carbons (Fsp3) is 0.500. The van der Waals surface area contributed by atoms with Gasteiger partial charge in [-0.3, -0.25) is 0 Å². The predicted octanol–water partition coefficient (Wildman–Crippen LogP) is 1.15. The molecule has 1 aromatic heterocycles. The van der Waals surface area contributed by atoms with Crippen molar-refractivity contribution in [3.63, 3.8) is 0 Å². The van der Waals surface area contributed by atoms with Gasteiger partial charge in [0.1, 0.15) is 5.82 Å². The normalized spacial score (nSPS) is 10.1. The van der Waals surface area contributed by atoms with Crippen LogP contribution in [0.4, 0.5) is 0 Å². The van der Waals surface area contributed by atoms with E-state index in [2.05, 4.69) is 14.7 Å². The molecular formula is C10H14N2O3. The van der Waals surface area contributed by atoms with Crippen molar-refractivity contribution in [2.45, 2.75) is 19.8 Å². The van der Waals surface area contributed by atoms with Crippen LogP contribution in [0.3, 0.4) is 0 Å². The molecule has 1 heterocycles. The summed E-state index contributed by atoms with van der Waals surface area (Å²) in [7, 11) is 1.31. The average Bonchev–Trinajstić information content (AvgIpc) is 2.26. The summed E-state index contributed by atoms with van der Waals surface area (Å²) < 4.78 is 9.57. The third-order valence-corrected chi connectivity index (χ3v) is 1.73. The standard InChI is InChI=1S/C10H14N2O3/c1-7(2)10-11-5-4-8(12-10)15-6-9(13)14-3/h4-5,7H,6H2,1-3H3. The molecule has 1 rings (SSSR count). The molecule has 5 nitrogen and oxygen atoms in total. The molecular weight excluding hydrogens is 196 g/mol. The Morgan fingerprint density at radius 3 is 2.87 bits per heavy atom. The molecule has 0 atom stereocenters. The second kappa shape index (κ2) is 5.29. The van der Waals surface area contributed by atoms with Gasteiger partial charge in [0, 0.05) is 18.2 Å². The minimum absolute atomic E-state index is 0.134. The van der Waals surface area contributed by atoms with Crippen molar-refractivity contribution in [2.75, 3.05) is 13.7 Å². The van der Waals surface area contributed by atoms with E-state index < -0.39 is 5.97 Å². The number of aromatic nitrogens is 2. The molecule has 0 unspecified atom stereocenters. The molecule has 1 aromatic rings. The zero-order valence-corrected chi connectivity index (χ0v) is 9.06. The number of methoxy groups -OCH3 is 1. The summed E-state index contributed by atoms with van der Waals surface area (Å²) in [4.78, 5) is 19.0. The van der Waals surface area contributed by atoms with Crippen LogP contribution in [-0.4, -0.2) is 29.7 Å². The number of hydrogen-bond acceptors (Lipinski definition) is 5. The highest BCUT2D eigenvalue weighted by Gasteiger charge is 2.06. The third-order valence-electron chi connectivity index (χ3n) is 1.73. The topological polar surface area (TPSA) is 61.3 Å². The monoisotopic (exact) mass is 210 g/mol. The first-order chi connectivity index (χ1) is 7.13. The lowest BCUT2D eigenvalue weighted by molar-refractivity contribution is -0.143. The van der Waals surface area contributed by atoms with Crippen molar-refractivity contribution < 1.29 is 14.3 Å². The smallest absolute Gasteiger partial charge is 0.343 e. The maximum atomic E-state index is 10.8. The summed E-state index contributed by atoms with van der Waals surface area (Å²) in [5.41, 5.74) is 0. The number of nitrogens with zero attached hydrogens (tertiary/aromatic N) is 2. The van der Waals surface area contributed by atoms with Crippen molar-refractivity contribution >= 4 is 5.97 Å². The van der Waals surface area contributed by atoms with Gasteiger partial charge in [0.25, 0.3) is 0 Å². The van der Waals surface area contributed by atoms with E-state index in [0.717, 1.165) is 0 Å². The molecule has 0 aliphatic rings. The summed E-state index contributed by atoms with van der Waals surface area (Å²) in [6, 6.07) is 1.61. The Hall–Kier alpha value is -1.65. The van der Waals surface area contributed by atoms with Crippen LogP contribution in [0.15, 0.2) is 12.3 Å². The van der Waals surface area contributed by atoms with E-state index in [0.29, 0.717) is 11.7 Å². The van der Waals surface area contributed by atoms with Gasteiger partial charge in [-0.05, 0) is 0 Å². The van der Waals surface area contributed by atoms with Gasteiger partial charge >= 0.3 is 5.97 Å². The summed E-state index contributed by atoms with van der Waals surface area (Å²) in [6.07, 6.45) is 1.61. The minimum atomic E-state index is -0.431. The maximum Gasteiger partial charge on any atom is 0.343 e. The van der Waals surface area contributed by atoms with E-state index in [1.54, 1.807) is 12.3 Å². The Morgan fingerprint density at radius 2 is 2.27 bits per heavy atom. The molecule has 0 fully saturated rings. The molecule has 0 bridgehead atoms. The van der Waals surface area contributed by atoms with Crippen LogP contribution < -0.4 is 4.74 Å². The first kappa shape index (κ1) is 11.4. The number of rotatable bonds is 4. The lowest BCUT2D eigenvalue weighted by Crippen LogP contribution is -2.13. The molecule has 0 spiro atoms. The van der Waals surface area contributed by atoms with E-state index in [-0.39, 0.29) is 12.5 Å². The summed E-state index contributed by atoms with van der Waals surface area (Å²) >= 11 is 0. The van der Waals surface area contributed by atoms with Crippen LogP contribution in [0.2, 0.25) is 0 Å². The van der Waals surface area contributed by atoms with Gasteiger partial charge < -0.3 is 9.47 Å². The number of hydrogen-bond donors (Lipinski definition) is 0. The average molecular weight is 210 g/mol. The van der Waals surface area contributed by atoms with Gasteiger partial charge in [0.2, 0.25) is 5.88 Å². The second-order valence-electron chi connectivity index (χ2n) is 3.27. The maximum absolute atomic E-state index is 10.8. The SMILES string of the molecule is COC(=O)COc1ccnc(C(C)C)n1. The van der Waals surface area contributed by atoms with Crippen LogP contribution in [0.1, 0.15) is 25.6 Å². The molecule has 0 N–H and O–H groups in total. The van der Waals surface area contributed by atoms with E-state index in [1.165, 1.54) is 7.11 Å². The highest BCUT2D eigenvalue weighted by Crippen LogP contribution is 2.12. The van der Waals surface area contributed by atoms with Crippen LogP contribution >= 0.6 is 0 Å². The Bertz CT molecular complexity index is 339. The van der Waals surface area contributed by atoms with Gasteiger partial charge in [-0.1, -0.05) is 13.8 Å². The van der Waals surface area contributed by atoms with E-state index in [9.17, 15) is 4.79 Å². The first-order valence-corrected chi connectivity index (χ1v) is 4.66. The van der Waals surface area contributed by atoms with Gasteiger partial charge in [-0.2, -0.15) is 4.98 Å². The van der Waals surface area contributed by atoms with E-state index in [1.807, 2.05) is 13.8 Å². The number of carbonyl (C=O) groups is 1. The molecule has 0 aliphatic heterocycles. The molecule has 0 aromatic carbocycles. The third kappa shape index (κ3) is 3.53. The molecule has 0 radical (unpaired) electrons. The Labute approximate surface area is 88.4 Å². The summed E-state index contributed by atoms with van der Waals surface area (Å²) in [5, 5.41) is 0. The number of carbonyl (C=O) groups excluding carboxylic acids is 1. The Morgan fingerprint density at radius 1 is 1.53 bits per heavy atom. The van der Waals surface area contributed by atoms with Gasteiger partial charge in [0.05, 0.1) is 7.11 Å². The fourth-order valence-electron chi connectivity index (χ4n) is 0.907. The van der Waals surface area contributed by atoms with Crippen molar-refractivity contribution in [1.29, 1.82) is 0 Å². The number of ether oxygens (including phenoxy) is 2. The van der Waals surface area contributed by atoms with Crippen LogP contribution in [0.25, 0.3) is 0 Å². The molecule has 0 amide bonds. The van der Waals surface area contributed by atoms with Crippen LogP contribution in [0, 0.1) is 0 Å². The van der Waals surface area contributed by atoms with Crippen LogP contribution in [-0.2, 0) is 9.53 Å². The summed E-state index contributed by atoms with van der Waals surface area (Å²) in [6.45, 7) is 3.84. The lowest BCUT2D eigenvalue weighted by Gasteiger charge is -2.06. The van der Waals surface area contributed by atoms with Gasteiger partial charge in [-0.25, -0.2) is 9.78 Å². The second-order valence-corrected chi connectivity index (χ2v) is 3.27. The van der Waals surface area contributed by atoms with E-state index >= 15 is 0 Å². The molecule has 0 saturated heterocycles. The molecule has 15 heavy (non-hydrogen) atoms. The van der Waals surface area contributed by atoms with Crippen molar-refractivity contribution in [1.82, 2.24) is 9.97 Å². The molecule has 0 saturated carbocycles. The summed E-state index contributed by atoms with van der Waals surface area (Å²) in [5.74, 6) is 0.878. The first-order valence-electron chi connectivity index (χ1n) is 4.66. The zero-order valence-electron chi connectivity index (χ0n) is 9.06. The van der Waals surface area contributed by atoms with Gasteiger partial charge in [-0.15, -0.1) is 0 Å². The van der Waals surface area contributed by atoms with Crippen molar-refractivity contribution in [2.24, 2.45) is 0 Å². The van der Waals surface area contributed by atoms with Crippen molar-refractivity contribution in [3.05, 3.63) is 18.1 Å². The Balaban J connectivity index is 2.61. The van der Waals surface area contributed by atoms with E-state index in [4.69, 9.17) is 4.74 Å². The number of esters is 1. The highest BCUT2D eigenvalue weighted by molar-refractivity contribution is 5.70. The molecule has 5 heteroatoms. The zero-order chi connectivity index (χ0) is 11.3. The van der Waals surface area contributed by atoms with Crippen molar-refractivity contribution in [3.8, 4) is 5.88 Å². The Kier molecular flexibility index (Phi) is 4.03. The fourth-order valence-corrected chi connectivity index (χ4v) is 0.907. The minimum Gasteiger partial charge on any atom is -0.466 e. The quantitative estimate of drug-likeness (QED) is 0.697. The van der Waals surface area contributed by atoms with Crippen LogP contribution in [0.5, 0.6) is 5.88 Å². The predicted molar refractivity (Wildman–Crippen MR) is 53.6 cm³/mol. The lowest BCUT2D eigenvalue weighted by atomic mass is 10.2. The highest BCUT2D eigenvalue weighted by atomic mass is 16.6. The van der Waals surface area contributed by atoms with Gasteiger partial charge in [0.15, 0.2) is 6.61 Å².